The second-order valence-electron chi connectivity index (χ2n) is 11.4. The standard InChI is InChI=1S/C34H28F4N6O4/c1-2-43-30-27(25(42-44(30)24-9-4-3-5-10-24)16-40-32(47)33(17-39)18-48-19-33)26(20-11-13-23(35)14-12-20)28(31(43)46)41-29(45)21-7-6-8-22(15-21)34(36,37)38/h3-15,26,28H,2,16,18-19H2,1H3,(H,40,47)(H,41,45)/t26-,28-/m1/s1. The Balaban J connectivity index is 1.50. The number of amides is 3. The van der Waals surface area contributed by atoms with Crippen LogP contribution in [0.25, 0.3) is 5.69 Å². The predicted octanol–water partition coefficient (Wildman–Crippen LogP) is 4.48. The van der Waals surface area contributed by atoms with Crippen LogP contribution in [0.1, 0.15) is 45.6 Å². The number of ether oxygens (including phenoxy) is 1. The first-order valence-corrected chi connectivity index (χ1v) is 15.0. The van der Waals surface area contributed by atoms with Gasteiger partial charge >= 0.3 is 6.18 Å². The molecule has 246 valence electrons. The Bertz CT molecular complexity index is 1920. The number of nitrogens with one attached hydrogen (secondary N) is 2. The van der Waals surface area contributed by atoms with Gasteiger partial charge in [-0.25, -0.2) is 9.07 Å². The number of para-hydroxylation sites is 1. The van der Waals surface area contributed by atoms with Crippen molar-refractivity contribution in [2.75, 3.05) is 24.7 Å². The van der Waals surface area contributed by atoms with Crippen molar-refractivity contribution in [1.82, 2.24) is 20.4 Å². The molecule has 10 nitrogen and oxygen atoms in total. The van der Waals surface area contributed by atoms with Crippen molar-refractivity contribution < 1.29 is 36.7 Å². The molecule has 0 spiro atoms. The zero-order valence-corrected chi connectivity index (χ0v) is 25.4. The lowest BCUT2D eigenvalue weighted by molar-refractivity contribution is -0.150. The smallest absolute Gasteiger partial charge is 0.377 e. The molecule has 2 aliphatic rings. The van der Waals surface area contributed by atoms with Crippen LogP contribution >= 0.6 is 0 Å². The third-order valence-corrected chi connectivity index (χ3v) is 8.45. The van der Waals surface area contributed by atoms with Crippen molar-refractivity contribution in [1.29, 1.82) is 5.26 Å². The molecule has 0 saturated carbocycles. The van der Waals surface area contributed by atoms with Crippen LogP contribution in [-0.4, -0.2) is 53.3 Å². The van der Waals surface area contributed by atoms with Gasteiger partial charge < -0.3 is 15.4 Å². The number of benzene rings is 3. The summed E-state index contributed by atoms with van der Waals surface area (Å²) in [5.41, 5.74) is -1.05. The fraction of sp³-hybridized carbons (Fsp3) is 0.265. The van der Waals surface area contributed by atoms with Crippen LogP contribution in [-0.2, 0) is 27.0 Å². The molecule has 3 aromatic carbocycles. The topological polar surface area (TPSA) is 129 Å². The van der Waals surface area contributed by atoms with E-state index in [1.807, 2.05) is 6.07 Å². The Hall–Kier alpha value is -5.55. The molecule has 2 N–H and O–H groups in total. The van der Waals surface area contributed by atoms with Crippen LogP contribution in [0, 0.1) is 22.6 Å². The quantitative estimate of drug-likeness (QED) is 0.268. The Morgan fingerprint density at radius 2 is 1.77 bits per heavy atom. The maximum absolute atomic E-state index is 14.3. The lowest BCUT2D eigenvalue weighted by atomic mass is 9.80. The summed E-state index contributed by atoms with van der Waals surface area (Å²) in [5.74, 6) is -3.34. The normalized spacial score (nSPS) is 18.3. The molecule has 0 radical (unpaired) electrons. The summed E-state index contributed by atoms with van der Waals surface area (Å²) in [5, 5.41) is 19.9. The minimum absolute atomic E-state index is 0.0775. The van der Waals surface area contributed by atoms with Gasteiger partial charge in [-0.15, -0.1) is 0 Å². The van der Waals surface area contributed by atoms with Crippen LogP contribution in [0.4, 0.5) is 23.4 Å². The van der Waals surface area contributed by atoms with Gasteiger partial charge in [0.05, 0.1) is 42.8 Å². The summed E-state index contributed by atoms with van der Waals surface area (Å²) >= 11 is 0. The zero-order chi connectivity index (χ0) is 34.2. The Kier molecular flexibility index (Phi) is 8.48. The molecule has 1 fully saturated rings. The maximum Gasteiger partial charge on any atom is 0.416 e. The first-order valence-electron chi connectivity index (χ1n) is 15.0. The number of rotatable bonds is 8. The van der Waals surface area contributed by atoms with Crippen LogP contribution < -0.4 is 15.5 Å². The summed E-state index contributed by atoms with van der Waals surface area (Å²) in [4.78, 5) is 42.4. The fourth-order valence-electron chi connectivity index (χ4n) is 5.93. The summed E-state index contributed by atoms with van der Waals surface area (Å²) < 4.78 is 61.3. The molecular formula is C34H28F4N6O4. The van der Waals surface area contributed by atoms with Crippen LogP contribution in [0.5, 0.6) is 0 Å². The molecule has 14 heteroatoms. The average Bonchev–Trinajstić information content (AvgIpc) is 3.43. The third kappa shape index (κ3) is 5.77. The van der Waals surface area contributed by atoms with Crippen molar-refractivity contribution in [2.45, 2.75) is 31.6 Å². The first kappa shape index (κ1) is 32.4. The number of hydrogen-bond donors (Lipinski definition) is 2. The van der Waals surface area contributed by atoms with Gasteiger partial charge in [-0.2, -0.15) is 23.5 Å². The van der Waals surface area contributed by atoms with Gasteiger partial charge in [0.15, 0.2) is 5.41 Å². The van der Waals surface area contributed by atoms with Crippen molar-refractivity contribution in [3.63, 3.8) is 0 Å². The SMILES string of the molecule is CCN1C(=O)[C@H](NC(=O)c2cccc(C(F)(F)F)c2)[C@H](c2ccc(F)cc2)c2c(CNC(=O)C3(C#N)COC3)nn(-c3ccccc3)c21. The van der Waals surface area contributed by atoms with Crippen LogP contribution in [0.3, 0.4) is 0 Å². The van der Waals surface area contributed by atoms with Crippen molar-refractivity contribution in [2.24, 2.45) is 5.41 Å². The highest BCUT2D eigenvalue weighted by molar-refractivity contribution is 6.05. The molecule has 2 atom stereocenters. The maximum atomic E-state index is 14.3. The monoisotopic (exact) mass is 660 g/mol. The molecule has 3 amide bonds. The van der Waals surface area contributed by atoms with Crippen LogP contribution in [0.15, 0.2) is 78.9 Å². The number of fused-ring (bicyclic) bond motifs is 1. The molecule has 6 rings (SSSR count). The number of nitrogens with zero attached hydrogens (tertiary/aromatic N) is 4. The van der Waals surface area contributed by atoms with E-state index in [-0.39, 0.29) is 37.6 Å². The minimum atomic E-state index is -4.71. The van der Waals surface area contributed by atoms with E-state index in [4.69, 9.17) is 9.84 Å². The first-order chi connectivity index (χ1) is 23.0. The predicted molar refractivity (Wildman–Crippen MR) is 163 cm³/mol. The molecule has 1 aromatic heterocycles. The summed E-state index contributed by atoms with van der Waals surface area (Å²) in [6, 6.07) is 18.6. The van der Waals surface area contributed by atoms with E-state index in [0.717, 1.165) is 12.1 Å². The van der Waals surface area contributed by atoms with E-state index in [2.05, 4.69) is 10.6 Å². The molecule has 0 bridgehead atoms. The fourth-order valence-corrected chi connectivity index (χ4v) is 5.93. The van der Waals surface area contributed by atoms with E-state index < -0.39 is 52.7 Å². The lowest BCUT2D eigenvalue weighted by Crippen LogP contribution is -2.55. The highest BCUT2D eigenvalue weighted by Crippen LogP contribution is 2.44. The van der Waals surface area contributed by atoms with Gasteiger partial charge in [-0.1, -0.05) is 36.4 Å². The zero-order valence-electron chi connectivity index (χ0n) is 25.4. The van der Waals surface area contributed by atoms with Crippen molar-refractivity contribution in [3.05, 3.63) is 113 Å². The second kappa shape index (κ2) is 12.6. The van der Waals surface area contributed by atoms with Gasteiger partial charge in [-0.05, 0) is 55.0 Å². The number of carbonyl (C=O) groups excluding carboxylic acids is 3. The molecule has 48 heavy (non-hydrogen) atoms. The van der Waals surface area contributed by atoms with Gasteiger partial charge in [0.1, 0.15) is 17.7 Å². The van der Waals surface area contributed by atoms with Gasteiger partial charge in [0, 0.05) is 23.6 Å². The lowest BCUT2D eigenvalue weighted by Gasteiger charge is -2.38. The number of anilines is 1. The van der Waals surface area contributed by atoms with E-state index in [1.54, 1.807) is 37.3 Å². The Morgan fingerprint density at radius 3 is 2.38 bits per heavy atom. The molecule has 3 heterocycles. The highest BCUT2D eigenvalue weighted by atomic mass is 19.4. The summed E-state index contributed by atoms with van der Waals surface area (Å²) in [7, 11) is 0. The number of alkyl halides is 3. The number of likely N-dealkylation sites (N-methyl/N-ethyl adjacent to an activating group) is 1. The van der Waals surface area contributed by atoms with Crippen molar-refractivity contribution >= 4 is 23.5 Å². The number of nitriles is 1. The summed E-state index contributed by atoms with van der Waals surface area (Å²) in [6.07, 6.45) is -4.71. The van der Waals surface area contributed by atoms with E-state index >= 15 is 0 Å². The molecule has 2 aliphatic heterocycles. The summed E-state index contributed by atoms with van der Waals surface area (Å²) in [6.45, 7) is 1.47. The van der Waals surface area contributed by atoms with Gasteiger partial charge in [-0.3, -0.25) is 19.3 Å². The van der Waals surface area contributed by atoms with Gasteiger partial charge in [0.2, 0.25) is 5.91 Å². The minimum Gasteiger partial charge on any atom is -0.377 e. The number of hydrogen-bond acceptors (Lipinski definition) is 6. The Morgan fingerprint density at radius 1 is 1.06 bits per heavy atom. The number of halogens is 4. The van der Waals surface area contributed by atoms with E-state index in [0.29, 0.717) is 28.7 Å². The van der Waals surface area contributed by atoms with Gasteiger partial charge in [0.25, 0.3) is 11.8 Å². The molecule has 0 unspecified atom stereocenters. The average molecular weight is 661 g/mol. The number of aromatic nitrogens is 2. The third-order valence-electron chi connectivity index (χ3n) is 8.45. The van der Waals surface area contributed by atoms with Crippen molar-refractivity contribution in [3.8, 4) is 11.8 Å². The molecule has 1 saturated heterocycles. The molecule has 4 aromatic rings. The van der Waals surface area contributed by atoms with Crippen LogP contribution in [0.2, 0.25) is 0 Å². The molecule has 0 aliphatic carbocycles. The largest absolute Gasteiger partial charge is 0.416 e. The highest BCUT2D eigenvalue weighted by Gasteiger charge is 2.48. The Labute approximate surface area is 271 Å². The van der Waals surface area contributed by atoms with E-state index in [9.17, 15) is 37.2 Å². The molecular weight excluding hydrogens is 632 g/mol. The number of carbonyl (C=O) groups is 3. The van der Waals surface area contributed by atoms with E-state index in [1.165, 1.54) is 39.9 Å². The second-order valence-corrected chi connectivity index (χ2v) is 11.4.